The lowest BCUT2D eigenvalue weighted by Gasteiger charge is -2.21. The fourth-order valence-electron chi connectivity index (χ4n) is 2.40. The molecule has 1 aliphatic heterocycles. The number of fused-ring (bicyclic) bond motifs is 1. The van der Waals surface area contributed by atoms with Gasteiger partial charge in [0, 0.05) is 18.8 Å². The zero-order chi connectivity index (χ0) is 13.8. The Balaban J connectivity index is 1.95. The number of Topliss-reactive ketones (excluding diaryl/α,β-unsaturated/α-hetero) is 1. The fraction of sp³-hybridized carbons (Fsp3) is 0.750. The van der Waals surface area contributed by atoms with Crippen molar-refractivity contribution in [1.82, 2.24) is 14.8 Å². The number of alkyl halides is 3. The number of hydrogen-bond donors (Lipinski definition) is 0. The first-order valence-corrected chi connectivity index (χ1v) is 6.46. The van der Waals surface area contributed by atoms with Crippen molar-refractivity contribution >= 4 is 5.78 Å². The van der Waals surface area contributed by atoms with Crippen LogP contribution in [0.5, 0.6) is 0 Å². The molecule has 0 amide bonds. The molecule has 1 aromatic heterocycles. The minimum absolute atomic E-state index is 0.105. The smallest absolute Gasteiger partial charge is 0.270 e. The first-order valence-electron chi connectivity index (χ1n) is 6.46. The zero-order valence-corrected chi connectivity index (χ0v) is 10.4. The van der Waals surface area contributed by atoms with E-state index in [9.17, 15) is 18.0 Å². The summed E-state index contributed by atoms with van der Waals surface area (Å²) < 4.78 is 42.2. The first-order chi connectivity index (χ1) is 8.94. The third-order valence-electron chi connectivity index (χ3n) is 3.79. The van der Waals surface area contributed by atoms with Crippen molar-refractivity contribution in [3.8, 4) is 0 Å². The van der Waals surface area contributed by atoms with Crippen LogP contribution in [0.15, 0.2) is 0 Å². The molecule has 0 unspecified atom stereocenters. The Labute approximate surface area is 108 Å². The van der Waals surface area contributed by atoms with E-state index in [1.807, 2.05) is 0 Å². The second kappa shape index (κ2) is 4.05. The standard InChI is InChI=1S/C12H14F3N3O/c1-2-12(14,15)8-5-7(13)11-16-10(17-18(8)11)9(19)6-3-4-6/h6-8H,2-5H2,1H3/t7-,8-/m1/s1. The predicted octanol–water partition coefficient (Wildman–Crippen LogP) is 2.87. The predicted molar refractivity (Wildman–Crippen MR) is 59.8 cm³/mol. The van der Waals surface area contributed by atoms with Gasteiger partial charge in [0.2, 0.25) is 11.6 Å². The number of ketones is 1. The van der Waals surface area contributed by atoms with Gasteiger partial charge in [0.15, 0.2) is 12.0 Å². The third-order valence-corrected chi connectivity index (χ3v) is 3.79. The molecule has 2 aliphatic rings. The van der Waals surface area contributed by atoms with Gasteiger partial charge < -0.3 is 0 Å². The molecule has 104 valence electrons. The minimum Gasteiger partial charge on any atom is -0.290 e. The number of hydrogen-bond acceptors (Lipinski definition) is 3. The van der Waals surface area contributed by atoms with Crippen LogP contribution in [-0.4, -0.2) is 26.5 Å². The highest BCUT2D eigenvalue weighted by Crippen LogP contribution is 2.45. The van der Waals surface area contributed by atoms with E-state index in [0.717, 1.165) is 17.5 Å². The maximum atomic E-state index is 13.8. The molecule has 2 atom stereocenters. The molecule has 0 saturated heterocycles. The number of rotatable bonds is 4. The lowest BCUT2D eigenvalue weighted by Crippen LogP contribution is -2.29. The molecule has 2 heterocycles. The summed E-state index contributed by atoms with van der Waals surface area (Å²) in [5.74, 6) is -3.65. The van der Waals surface area contributed by atoms with E-state index in [0.29, 0.717) is 0 Å². The molecule has 0 radical (unpaired) electrons. The summed E-state index contributed by atoms with van der Waals surface area (Å²) >= 11 is 0. The Kier molecular flexibility index (Phi) is 2.69. The van der Waals surface area contributed by atoms with Crippen LogP contribution in [0.3, 0.4) is 0 Å². The maximum absolute atomic E-state index is 13.8. The number of halogens is 3. The average Bonchev–Trinajstić information content (AvgIpc) is 3.05. The van der Waals surface area contributed by atoms with Crippen molar-refractivity contribution in [2.24, 2.45) is 5.92 Å². The first kappa shape index (κ1) is 12.6. The lowest BCUT2D eigenvalue weighted by molar-refractivity contribution is -0.0584. The molecular weight excluding hydrogens is 259 g/mol. The molecule has 1 aliphatic carbocycles. The maximum Gasteiger partial charge on any atom is 0.270 e. The van der Waals surface area contributed by atoms with Crippen LogP contribution in [0, 0.1) is 5.92 Å². The topological polar surface area (TPSA) is 47.8 Å². The number of carbonyl (C=O) groups is 1. The van der Waals surface area contributed by atoms with Crippen LogP contribution in [0.1, 0.15) is 61.3 Å². The van der Waals surface area contributed by atoms with E-state index >= 15 is 0 Å². The van der Waals surface area contributed by atoms with Gasteiger partial charge in [-0.2, -0.15) is 0 Å². The molecule has 4 nitrogen and oxygen atoms in total. The summed E-state index contributed by atoms with van der Waals surface area (Å²) in [6.07, 6.45) is -0.744. The fourth-order valence-corrected chi connectivity index (χ4v) is 2.40. The van der Waals surface area contributed by atoms with E-state index in [1.54, 1.807) is 0 Å². The molecule has 0 bridgehead atoms. The van der Waals surface area contributed by atoms with Crippen LogP contribution in [0.4, 0.5) is 13.2 Å². The van der Waals surface area contributed by atoms with Gasteiger partial charge in [0.05, 0.1) is 0 Å². The summed E-state index contributed by atoms with van der Waals surface area (Å²) in [6, 6.07) is -1.34. The molecule has 19 heavy (non-hydrogen) atoms. The van der Waals surface area contributed by atoms with Crippen molar-refractivity contribution in [1.29, 1.82) is 0 Å². The van der Waals surface area contributed by atoms with E-state index in [-0.39, 0.29) is 29.8 Å². The number of aromatic nitrogens is 3. The molecule has 7 heteroatoms. The highest BCUT2D eigenvalue weighted by molar-refractivity contribution is 5.95. The molecule has 1 aromatic rings. The minimum atomic E-state index is -3.04. The van der Waals surface area contributed by atoms with Crippen molar-refractivity contribution < 1.29 is 18.0 Å². The zero-order valence-electron chi connectivity index (χ0n) is 10.4. The third kappa shape index (κ3) is 1.95. The van der Waals surface area contributed by atoms with Crippen LogP contribution in [0.2, 0.25) is 0 Å². The van der Waals surface area contributed by atoms with Gasteiger partial charge >= 0.3 is 0 Å². The largest absolute Gasteiger partial charge is 0.290 e. The number of nitrogens with zero attached hydrogens (tertiary/aromatic N) is 3. The summed E-state index contributed by atoms with van der Waals surface area (Å²) in [5, 5.41) is 3.83. The van der Waals surface area contributed by atoms with Gasteiger partial charge in [0.25, 0.3) is 5.92 Å². The highest BCUT2D eigenvalue weighted by Gasteiger charge is 2.49. The van der Waals surface area contributed by atoms with E-state index < -0.39 is 24.6 Å². The van der Waals surface area contributed by atoms with Gasteiger partial charge in [-0.1, -0.05) is 6.92 Å². The van der Waals surface area contributed by atoms with Crippen LogP contribution in [-0.2, 0) is 0 Å². The Morgan fingerprint density at radius 3 is 2.74 bits per heavy atom. The van der Waals surface area contributed by atoms with Gasteiger partial charge in [-0.3, -0.25) is 4.79 Å². The van der Waals surface area contributed by atoms with Crippen LogP contribution < -0.4 is 0 Å². The molecule has 3 rings (SSSR count). The second-order valence-electron chi connectivity index (χ2n) is 5.21. The molecule has 1 fully saturated rings. The van der Waals surface area contributed by atoms with Crippen LogP contribution in [0.25, 0.3) is 0 Å². The Morgan fingerprint density at radius 2 is 2.16 bits per heavy atom. The normalized spacial score (nSPS) is 26.5. The van der Waals surface area contributed by atoms with E-state index in [2.05, 4.69) is 10.1 Å². The van der Waals surface area contributed by atoms with Gasteiger partial charge in [0.1, 0.15) is 6.04 Å². The van der Waals surface area contributed by atoms with Crippen molar-refractivity contribution in [2.75, 3.05) is 0 Å². The molecular formula is C12H14F3N3O. The van der Waals surface area contributed by atoms with Crippen molar-refractivity contribution in [2.45, 2.75) is 50.7 Å². The van der Waals surface area contributed by atoms with E-state index in [1.165, 1.54) is 6.92 Å². The monoisotopic (exact) mass is 273 g/mol. The Bertz CT molecular complexity index is 524. The average molecular weight is 273 g/mol. The summed E-state index contributed by atoms with van der Waals surface area (Å²) in [4.78, 5) is 15.6. The molecule has 0 spiro atoms. The summed E-state index contributed by atoms with van der Waals surface area (Å²) in [5.41, 5.74) is 0. The Morgan fingerprint density at radius 1 is 1.47 bits per heavy atom. The summed E-state index contributed by atoms with van der Waals surface area (Å²) in [6.45, 7) is 1.35. The van der Waals surface area contributed by atoms with Crippen LogP contribution >= 0.6 is 0 Å². The Hall–Kier alpha value is -1.40. The lowest BCUT2D eigenvalue weighted by atomic mass is 10.1. The van der Waals surface area contributed by atoms with Crippen molar-refractivity contribution in [3.63, 3.8) is 0 Å². The van der Waals surface area contributed by atoms with Gasteiger partial charge in [-0.05, 0) is 12.8 Å². The molecule has 1 saturated carbocycles. The second-order valence-corrected chi connectivity index (χ2v) is 5.21. The summed E-state index contributed by atoms with van der Waals surface area (Å²) in [7, 11) is 0. The van der Waals surface area contributed by atoms with E-state index in [4.69, 9.17) is 0 Å². The SMILES string of the molecule is CCC(F)(F)[C@H]1C[C@@H](F)c2nc(C(=O)C3CC3)nn21. The quantitative estimate of drug-likeness (QED) is 0.792. The molecule has 0 N–H and O–H groups in total. The number of carbonyl (C=O) groups excluding carboxylic acids is 1. The molecule has 0 aromatic carbocycles. The van der Waals surface area contributed by atoms with Crippen molar-refractivity contribution in [3.05, 3.63) is 11.6 Å². The van der Waals surface area contributed by atoms with Gasteiger partial charge in [-0.15, -0.1) is 5.10 Å². The van der Waals surface area contributed by atoms with Gasteiger partial charge in [-0.25, -0.2) is 22.8 Å². The highest BCUT2D eigenvalue weighted by atomic mass is 19.3.